The fourth-order valence-corrected chi connectivity index (χ4v) is 3.42. The highest BCUT2D eigenvalue weighted by Gasteiger charge is 2.33. The molecular weight excluding hydrogens is 445 g/mol. The van der Waals surface area contributed by atoms with Gasteiger partial charge in [0.2, 0.25) is 5.78 Å². The van der Waals surface area contributed by atoms with Crippen LogP contribution < -0.4 is 10.1 Å². The number of carbonyl (C=O) groups is 2. The summed E-state index contributed by atoms with van der Waals surface area (Å²) >= 11 is 6.05. The Morgan fingerprint density at radius 3 is 2.34 bits per heavy atom. The third-order valence-electron chi connectivity index (χ3n) is 4.62. The van der Waals surface area contributed by atoms with Crippen LogP contribution in [0.25, 0.3) is 10.9 Å². The van der Waals surface area contributed by atoms with Crippen LogP contribution in [-0.4, -0.2) is 23.0 Å². The van der Waals surface area contributed by atoms with Gasteiger partial charge < -0.3 is 15.0 Å². The van der Waals surface area contributed by atoms with Crippen LogP contribution in [0.3, 0.4) is 0 Å². The molecule has 4 aromatic rings. The quantitative estimate of drug-likeness (QED) is 0.350. The lowest BCUT2D eigenvalue weighted by Gasteiger charge is -2.13. The van der Waals surface area contributed by atoms with Crippen molar-refractivity contribution < 1.29 is 27.5 Å². The second-order valence-corrected chi connectivity index (χ2v) is 7.19. The minimum Gasteiger partial charge on any atom is -0.405 e. The number of carbonyl (C=O) groups excluding carboxylic acids is 2. The summed E-state index contributed by atoms with van der Waals surface area (Å²) in [6, 6.07) is 18.1. The third-order valence-corrected chi connectivity index (χ3v) is 4.85. The lowest BCUT2D eigenvalue weighted by atomic mass is 10.1. The number of amides is 1. The second kappa shape index (κ2) is 8.39. The Balaban J connectivity index is 1.78. The van der Waals surface area contributed by atoms with Gasteiger partial charge in [-0.1, -0.05) is 54.1 Å². The number of aromatic amines is 1. The number of aromatic nitrogens is 1. The molecule has 0 aliphatic rings. The van der Waals surface area contributed by atoms with Crippen molar-refractivity contribution in [3.05, 3.63) is 94.6 Å². The number of ketones is 1. The van der Waals surface area contributed by atoms with Gasteiger partial charge in [0, 0.05) is 21.5 Å². The predicted octanol–water partition coefficient (Wildman–Crippen LogP) is 6.20. The van der Waals surface area contributed by atoms with Gasteiger partial charge in [-0.2, -0.15) is 0 Å². The Bertz CT molecular complexity index is 1320. The Morgan fingerprint density at radius 2 is 1.62 bits per heavy atom. The summed E-state index contributed by atoms with van der Waals surface area (Å²) < 4.78 is 42.2. The maximum absolute atomic E-state index is 13.1. The smallest absolute Gasteiger partial charge is 0.405 e. The van der Waals surface area contributed by atoms with Crippen LogP contribution in [0.2, 0.25) is 5.02 Å². The van der Waals surface area contributed by atoms with Gasteiger partial charge in [-0.15, -0.1) is 13.2 Å². The van der Waals surface area contributed by atoms with Gasteiger partial charge in [0.15, 0.2) is 0 Å². The molecule has 0 spiro atoms. The molecule has 32 heavy (non-hydrogen) atoms. The van der Waals surface area contributed by atoms with E-state index in [9.17, 15) is 22.8 Å². The SMILES string of the molecule is O=C(Nc1c(C(=O)c2ccccc2)[nH]c2cc(Cl)ccc12)c1ccccc1OC(F)(F)F. The maximum atomic E-state index is 13.1. The summed E-state index contributed by atoms with van der Waals surface area (Å²) in [4.78, 5) is 29.0. The number of hydrogen-bond donors (Lipinski definition) is 2. The molecule has 2 N–H and O–H groups in total. The van der Waals surface area contributed by atoms with Gasteiger partial charge in [0.1, 0.15) is 11.4 Å². The van der Waals surface area contributed by atoms with E-state index >= 15 is 0 Å². The number of ether oxygens (including phenoxy) is 1. The molecule has 0 saturated carbocycles. The van der Waals surface area contributed by atoms with E-state index in [-0.39, 0.29) is 16.9 Å². The standard InChI is InChI=1S/C23H14ClF3N2O3/c24-14-10-11-15-17(12-14)28-20(21(30)13-6-2-1-3-7-13)19(15)29-22(31)16-8-4-5-9-18(16)32-23(25,26)27/h1-12,28H,(H,29,31). The number of alkyl halides is 3. The molecule has 0 fully saturated rings. The van der Waals surface area contributed by atoms with Gasteiger partial charge >= 0.3 is 6.36 Å². The molecule has 0 unspecified atom stereocenters. The number of anilines is 1. The molecule has 3 aromatic carbocycles. The number of rotatable bonds is 5. The first kappa shape index (κ1) is 21.5. The van der Waals surface area contributed by atoms with Crippen LogP contribution in [0.5, 0.6) is 5.75 Å². The van der Waals surface area contributed by atoms with E-state index < -0.39 is 23.8 Å². The summed E-state index contributed by atoms with van der Waals surface area (Å²) in [5.41, 5.74) is 0.688. The van der Waals surface area contributed by atoms with Crippen molar-refractivity contribution in [2.75, 3.05) is 5.32 Å². The molecule has 1 amide bonds. The van der Waals surface area contributed by atoms with Crippen LogP contribution >= 0.6 is 11.6 Å². The van der Waals surface area contributed by atoms with Crippen molar-refractivity contribution in [1.29, 1.82) is 0 Å². The molecule has 1 heterocycles. The van der Waals surface area contributed by atoms with Gasteiger partial charge in [0.05, 0.1) is 11.3 Å². The van der Waals surface area contributed by atoms with E-state index in [0.717, 1.165) is 6.07 Å². The Morgan fingerprint density at radius 1 is 0.938 bits per heavy atom. The highest BCUT2D eigenvalue weighted by atomic mass is 35.5. The van der Waals surface area contributed by atoms with Crippen LogP contribution in [0.1, 0.15) is 26.4 Å². The van der Waals surface area contributed by atoms with E-state index in [1.165, 1.54) is 18.2 Å². The van der Waals surface area contributed by atoms with Crippen LogP contribution in [0, 0.1) is 0 Å². The van der Waals surface area contributed by atoms with E-state index in [1.807, 2.05) is 0 Å². The Labute approximate surface area is 184 Å². The summed E-state index contributed by atoms with van der Waals surface area (Å²) in [6.45, 7) is 0. The summed E-state index contributed by atoms with van der Waals surface area (Å²) in [7, 11) is 0. The summed E-state index contributed by atoms with van der Waals surface area (Å²) in [5.74, 6) is -1.94. The maximum Gasteiger partial charge on any atom is 0.573 e. The molecule has 5 nitrogen and oxygen atoms in total. The highest BCUT2D eigenvalue weighted by molar-refractivity contribution is 6.31. The number of halogens is 4. The zero-order valence-electron chi connectivity index (χ0n) is 16.2. The average molecular weight is 459 g/mol. The first-order chi connectivity index (χ1) is 15.2. The fraction of sp³-hybridized carbons (Fsp3) is 0.0435. The van der Waals surface area contributed by atoms with Gasteiger partial charge in [-0.25, -0.2) is 0 Å². The van der Waals surface area contributed by atoms with E-state index in [2.05, 4.69) is 15.0 Å². The molecule has 0 radical (unpaired) electrons. The molecular formula is C23H14ClF3N2O3. The van der Waals surface area contributed by atoms with Gasteiger partial charge in [-0.3, -0.25) is 9.59 Å². The molecule has 0 atom stereocenters. The minimum atomic E-state index is -4.97. The van der Waals surface area contributed by atoms with Crippen LogP contribution in [-0.2, 0) is 0 Å². The molecule has 9 heteroatoms. The van der Waals surface area contributed by atoms with Crippen molar-refractivity contribution in [2.45, 2.75) is 6.36 Å². The summed E-state index contributed by atoms with van der Waals surface area (Å²) in [6.07, 6.45) is -4.97. The number of para-hydroxylation sites is 1. The molecule has 0 aliphatic heterocycles. The second-order valence-electron chi connectivity index (χ2n) is 6.76. The number of hydrogen-bond acceptors (Lipinski definition) is 3. The third kappa shape index (κ3) is 4.45. The van der Waals surface area contributed by atoms with Gasteiger partial charge in [0.25, 0.3) is 5.91 Å². The first-order valence-electron chi connectivity index (χ1n) is 9.30. The van der Waals surface area contributed by atoms with E-state index in [0.29, 0.717) is 21.5 Å². The zero-order valence-corrected chi connectivity index (χ0v) is 16.9. The van der Waals surface area contributed by atoms with Crippen molar-refractivity contribution in [2.24, 2.45) is 0 Å². The number of H-pyrrole nitrogens is 1. The predicted molar refractivity (Wildman–Crippen MR) is 114 cm³/mol. The topological polar surface area (TPSA) is 71.2 Å². The molecule has 1 aromatic heterocycles. The number of fused-ring (bicyclic) bond motifs is 1. The lowest BCUT2D eigenvalue weighted by molar-refractivity contribution is -0.274. The normalized spacial score (nSPS) is 11.4. The fourth-order valence-electron chi connectivity index (χ4n) is 3.25. The first-order valence-corrected chi connectivity index (χ1v) is 9.68. The molecule has 0 bridgehead atoms. The van der Waals surface area contributed by atoms with Crippen molar-refractivity contribution in [1.82, 2.24) is 4.98 Å². The number of benzene rings is 3. The monoisotopic (exact) mass is 458 g/mol. The van der Waals surface area contributed by atoms with Crippen molar-refractivity contribution in [3.63, 3.8) is 0 Å². The molecule has 0 aliphatic carbocycles. The van der Waals surface area contributed by atoms with Gasteiger partial charge in [-0.05, 0) is 30.3 Å². The number of nitrogens with one attached hydrogen (secondary N) is 2. The average Bonchev–Trinajstić information content (AvgIpc) is 3.10. The summed E-state index contributed by atoms with van der Waals surface area (Å²) in [5, 5.41) is 3.44. The van der Waals surface area contributed by atoms with Crippen LogP contribution in [0.4, 0.5) is 18.9 Å². The van der Waals surface area contributed by atoms with E-state index in [4.69, 9.17) is 11.6 Å². The minimum absolute atomic E-state index is 0.0658. The van der Waals surface area contributed by atoms with Crippen molar-refractivity contribution in [3.8, 4) is 5.75 Å². The van der Waals surface area contributed by atoms with E-state index in [1.54, 1.807) is 48.5 Å². The zero-order chi connectivity index (χ0) is 22.9. The van der Waals surface area contributed by atoms with Crippen molar-refractivity contribution >= 4 is 39.9 Å². The molecule has 162 valence electrons. The Hall–Kier alpha value is -3.78. The largest absolute Gasteiger partial charge is 0.573 e. The lowest BCUT2D eigenvalue weighted by Crippen LogP contribution is -2.21. The molecule has 0 saturated heterocycles. The Kier molecular flexibility index (Phi) is 5.63. The molecule has 4 rings (SSSR count). The highest BCUT2D eigenvalue weighted by Crippen LogP contribution is 2.33. The van der Waals surface area contributed by atoms with Crippen LogP contribution in [0.15, 0.2) is 72.8 Å².